The van der Waals surface area contributed by atoms with Crippen molar-refractivity contribution in [2.75, 3.05) is 7.11 Å². The number of nitrogens with one attached hydrogen (secondary N) is 1. The Hall–Kier alpha value is -1.39. The number of rotatable bonds is 5. The molecule has 0 fully saturated rings. The molecule has 0 aliphatic heterocycles. The van der Waals surface area contributed by atoms with Gasteiger partial charge in [-0.05, 0) is 39.3 Å². The van der Waals surface area contributed by atoms with Crippen LogP contribution < -0.4 is 10.1 Å². The quantitative estimate of drug-likeness (QED) is 0.912. The number of methoxy groups -OCH3 is 1. The first-order chi connectivity index (χ1) is 9.52. The minimum absolute atomic E-state index is 0.762. The molecule has 0 amide bonds. The second-order valence-corrected chi connectivity index (χ2v) is 6.44. The molecule has 0 bridgehead atoms. The fourth-order valence-corrected chi connectivity index (χ4v) is 3.31. The van der Waals surface area contributed by atoms with E-state index in [1.807, 2.05) is 24.5 Å². The van der Waals surface area contributed by atoms with Crippen LogP contribution in [0.15, 0.2) is 12.3 Å². The fraction of sp³-hybridized carbons (Fsp3) is 0.438. The predicted octanol–water partition coefficient (Wildman–Crippen LogP) is 3.68. The molecule has 0 unspecified atom stereocenters. The number of pyridine rings is 1. The normalized spacial score (nSPS) is 10.8. The van der Waals surface area contributed by atoms with E-state index >= 15 is 0 Å². The van der Waals surface area contributed by atoms with E-state index in [4.69, 9.17) is 4.74 Å². The van der Waals surface area contributed by atoms with Gasteiger partial charge in [0.05, 0.1) is 12.8 Å². The lowest BCUT2D eigenvalue weighted by Crippen LogP contribution is -2.14. The predicted molar refractivity (Wildman–Crippen MR) is 84.6 cm³/mol. The maximum Gasteiger partial charge on any atom is 0.128 e. The molecule has 0 aromatic carbocycles. The van der Waals surface area contributed by atoms with Gasteiger partial charge in [-0.1, -0.05) is 0 Å². The monoisotopic (exact) mass is 290 g/mol. The largest absolute Gasteiger partial charge is 0.496 e. The van der Waals surface area contributed by atoms with E-state index in [2.05, 4.69) is 37.1 Å². The maximum atomic E-state index is 5.43. The fourth-order valence-electron chi connectivity index (χ4n) is 2.29. The smallest absolute Gasteiger partial charge is 0.128 e. The molecule has 2 aromatic heterocycles. The third kappa shape index (κ3) is 3.19. The summed E-state index contributed by atoms with van der Waals surface area (Å²) in [5, 5.41) is 3.46. The van der Waals surface area contributed by atoms with Gasteiger partial charge in [-0.25, -0.2) is 0 Å². The zero-order chi connectivity index (χ0) is 14.7. The van der Waals surface area contributed by atoms with E-state index in [1.165, 1.54) is 15.3 Å². The van der Waals surface area contributed by atoms with Gasteiger partial charge in [-0.3, -0.25) is 4.98 Å². The molecule has 4 heteroatoms. The molecule has 0 aliphatic rings. The van der Waals surface area contributed by atoms with Crippen LogP contribution in [0.25, 0.3) is 0 Å². The Morgan fingerprint density at radius 1 is 1.15 bits per heavy atom. The summed E-state index contributed by atoms with van der Waals surface area (Å²) < 4.78 is 5.43. The SMILES string of the molecule is COc1c(C)cnc(CNCc2cc(C)c(C)s2)c1C. The molecule has 2 heterocycles. The van der Waals surface area contributed by atoms with Crippen molar-refractivity contribution in [2.45, 2.75) is 40.8 Å². The summed E-state index contributed by atoms with van der Waals surface area (Å²) in [6.07, 6.45) is 1.88. The van der Waals surface area contributed by atoms with E-state index in [0.29, 0.717) is 0 Å². The Labute approximate surface area is 125 Å². The summed E-state index contributed by atoms with van der Waals surface area (Å²) in [5.41, 5.74) is 4.63. The van der Waals surface area contributed by atoms with Gasteiger partial charge >= 0.3 is 0 Å². The molecule has 2 rings (SSSR count). The summed E-state index contributed by atoms with van der Waals surface area (Å²) in [4.78, 5) is 7.27. The first-order valence-electron chi connectivity index (χ1n) is 6.78. The summed E-state index contributed by atoms with van der Waals surface area (Å²) in [6, 6.07) is 2.25. The van der Waals surface area contributed by atoms with E-state index in [0.717, 1.165) is 35.7 Å². The van der Waals surface area contributed by atoms with Crippen LogP contribution in [0.4, 0.5) is 0 Å². The van der Waals surface area contributed by atoms with Crippen LogP contribution in [0.5, 0.6) is 5.75 Å². The number of ether oxygens (including phenoxy) is 1. The molecule has 0 radical (unpaired) electrons. The Balaban J connectivity index is 2.01. The Bertz CT molecular complexity index is 585. The number of aromatic nitrogens is 1. The second-order valence-electron chi connectivity index (χ2n) is 5.10. The second kappa shape index (κ2) is 6.37. The van der Waals surface area contributed by atoms with Crippen LogP contribution in [0.1, 0.15) is 32.1 Å². The van der Waals surface area contributed by atoms with Crippen LogP contribution in [-0.4, -0.2) is 12.1 Å². The molecule has 3 nitrogen and oxygen atoms in total. The highest BCUT2D eigenvalue weighted by molar-refractivity contribution is 7.12. The average Bonchev–Trinajstić information content (AvgIpc) is 2.72. The van der Waals surface area contributed by atoms with Crippen LogP contribution in [0, 0.1) is 27.7 Å². The van der Waals surface area contributed by atoms with Crippen LogP contribution in [0.3, 0.4) is 0 Å². The van der Waals surface area contributed by atoms with Crippen molar-refractivity contribution >= 4 is 11.3 Å². The number of hydrogen-bond donors (Lipinski definition) is 1. The minimum Gasteiger partial charge on any atom is -0.496 e. The van der Waals surface area contributed by atoms with E-state index < -0.39 is 0 Å². The molecule has 108 valence electrons. The van der Waals surface area contributed by atoms with Crippen molar-refractivity contribution in [3.63, 3.8) is 0 Å². The number of aryl methyl sites for hydroxylation is 3. The molecular formula is C16H22N2OS. The van der Waals surface area contributed by atoms with Gasteiger partial charge in [0, 0.05) is 40.2 Å². The van der Waals surface area contributed by atoms with Crippen molar-refractivity contribution in [1.29, 1.82) is 0 Å². The standard InChI is InChI=1S/C16H22N2OS/c1-10-6-14(20-13(10)4)8-17-9-15-12(3)16(19-5)11(2)7-18-15/h6-7,17H,8-9H2,1-5H3. The van der Waals surface area contributed by atoms with Crippen molar-refractivity contribution in [2.24, 2.45) is 0 Å². The summed E-state index contributed by atoms with van der Waals surface area (Å²) in [5.74, 6) is 0.944. The van der Waals surface area contributed by atoms with Crippen molar-refractivity contribution in [1.82, 2.24) is 10.3 Å². The maximum absolute atomic E-state index is 5.43. The lowest BCUT2D eigenvalue weighted by Gasteiger charge is -2.12. The van der Waals surface area contributed by atoms with Gasteiger partial charge < -0.3 is 10.1 Å². The molecule has 20 heavy (non-hydrogen) atoms. The summed E-state index contributed by atoms with van der Waals surface area (Å²) >= 11 is 1.86. The van der Waals surface area contributed by atoms with Gasteiger partial charge in [-0.15, -0.1) is 11.3 Å². The first kappa shape index (κ1) is 15.0. The molecule has 2 aromatic rings. The van der Waals surface area contributed by atoms with Crippen molar-refractivity contribution < 1.29 is 4.74 Å². The number of thiophene rings is 1. The summed E-state index contributed by atoms with van der Waals surface area (Å²) in [7, 11) is 1.71. The third-order valence-electron chi connectivity index (χ3n) is 3.56. The number of nitrogens with zero attached hydrogens (tertiary/aromatic N) is 1. The van der Waals surface area contributed by atoms with E-state index in [-0.39, 0.29) is 0 Å². The Morgan fingerprint density at radius 3 is 2.50 bits per heavy atom. The van der Waals surface area contributed by atoms with E-state index in [9.17, 15) is 0 Å². The molecule has 0 saturated heterocycles. The lowest BCUT2D eigenvalue weighted by atomic mass is 10.1. The molecule has 0 atom stereocenters. The highest BCUT2D eigenvalue weighted by Crippen LogP contribution is 2.24. The number of hydrogen-bond acceptors (Lipinski definition) is 4. The van der Waals surface area contributed by atoms with Gasteiger partial charge in [0.15, 0.2) is 0 Å². The highest BCUT2D eigenvalue weighted by Gasteiger charge is 2.09. The van der Waals surface area contributed by atoms with Gasteiger partial charge in [0.25, 0.3) is 0 Å². The third-order valence-corrected chi connectivity index (χ3v) is 4.71. The molecule has 0 aliphatic carbocycles. The molecule has 1 N–H and O–H groups in total. The average molecular weight is 290 g/mol. The Kier molecular flexibility index (Phi) is 4.78. The van der Waals surface area contributed by atoms with Crippen molar-refractivity contribution in [3.05, 3.63) is 44.4 Å². The van der Waals surface area contributed by atoms with E-state index in [1.54, 1.807) is 7.11 Å². The zero-order valence-electron chi connectivity index (χ0n) is 12.8. The Morgan fingerprint density at radius 2 is 1.90 bits per heavy atom. The van der Waals surface area contributed by atoms with Crippen LogP contribution in [0.2, 0.25) is 0 Å². The zero-order valence-corrected chi connectivity index (χ0v) is 13.6. The van der Waals surface area contributed by atoms with Crippen LogP contribution >= 0.6 is 11.3 Å². The summed E-state index contributed by atoms with van der Waals surface area (Å²) in [6.45, 7) is 10.1. The first-order valence-corrected chi connectivity index (χ1v) is 7.60. The molecular weight excluding hydrogens is 268 g/mol. The topological polar surface area (TPSA) is 34.1 Å². The minimum atomic E-state index is 0.762. The van der Waals surface area contributed by atoms with Gasteiger partial charge in [0.1, 0.15) is 5.75 Å². The van der Waals surface area contributed by atoms with Gasteiger partial charge in [0.2, 0.25) is 0 Å². The highest BCUT2D eigenvalue weighted by atomic mass is 32.1. The molecule has 0 saturated carbocycles. The molecule has 0 spiro atoms. The van der Waals surface area contributed by atoms with Crippen molar-refractivity contribution in [3.8, 4) is 5.75 Å². The van der Waals surface area contributed by atoms with Crippen LogP contribution in [-0.2, 0) is 13.1 Å². The van der Waals surface area contributed by atoms with Gasteiger partial charge in [-0.2, -0.15) is 0 Å². The lowest BCUT2D eigenvalue weighted by molar-refractivity contribution is 0.406.